The molecule has 11 rings (SSSR count). The van der Waals surface area contributed by atoms with Gasteiger partial charge in [-0.15, -0.1) is 0 Å². The highest BCUT2D eigenvalue weighted by Crippen LogP contribution is 2.69. The van der Waals surface area contributed by atoms with Crippen LogP contribution in [-0.2, 0) is 10.8 Å². The predicted octanol–water partition coefficient (Wildman–Crippen LogP) is 11.2. The lowest BCUT2D eigenvalue weighted by Crippen LogP contribution is -2.55. The maximum Gasteiger partial charge on any atom is 0.0468 e. The highest BCUT2D eigenvalue weighted by molar-refractivity contribution is 5.89. The lowest BCUT2D eigenvalue weighted by Gasteiger charge is -2.61. The van der Waals surface area contributed by atoms with Gasteiger partial charge in [-0.3, -0.25) is 0 Å². The van der Waals surface area contributed by atoms with Gasteiger partial charge in [0, 0.05) is 27.9 Å². The summed E-state index contributed by atoms with van der Waals surface area (Å²) in [5.74, 6) is 3.50. The van der Waals surface area contributed by atoms with E-state index in [1.807, 2.05) is 0 Å². The first-order valence-corrected chi connectivity index (χ1v) is 16.9. The van der Waals surface area contributed by atoms with Crippen LogP contribution in [0, 0.1) is 23.7 Å². The van der Waals surface area contributed by atoms with Crippen molar-refractivity contribution in [3.05, 3.63) is 138 Å². The fourth-order valence-corrected chi connectivity index (χ4v) is 11.1. The first-order valence-electron chi connectivity index (χ1n) is 16.9. The van der Waals surface area contributed by atoms with Gasteiger partial charge in [0.05, 0.1) is 0 Å². The largest absolute Gasteiger partial charge is 0.310 e. The summed E-state index contributed by atoms with van der Waals surface area (Å²) >= 11 is 0. The fraction of sp³-hybridized carbons (Fsp3) is 0.302. The van der Waals surface area contributed by atoms with E-state index >= 15 is 0 Å². The monoisotopic (exact) mass is 569 g/mol. The molecule has 0 radical (unpaired) electrons. The van der Waals surface area contributed by atoms with Crippen LogP contribution >= 0.6 is 0 Å². The summed E-state index contributed by atoms with van der Waals surface area (Å²) in [6.45, 7) is 4.76. The van der Waals surface area contributed by atoms with E-state index in [0.29, 0.717) is 0 Å². The third kappa shape index (κ3) is 3.15. The molecule has 0 amide bonds. The number of nitrogens with zero attached hydrogens (tertiary/aromatic N) is 1. The van der Waals surface area contributed by atoms with Gasteiger partial charge in [0.2, 0.25) is 0 Å². The molecule has 5 aromatic rings. The zero-order valence-electron chi connectivity index (χ0n) is 25.8. The van der Waals surface area contributed by atoms with Gasteiger partial charge in [-0.25, -0.2) is 0 Å². The lowest BCUT2D eigenvalue weighted by molar-refractivity contribution is -0.0399. The van der Waals surface area contributed by atoms with Gasteiger partial charge in [0.15, 0.2) is 0 Å². The smallest absolute Gasteiger partial charge is 0.0468 e. The van der Waals surface area contributed by atoms with Gasteiger partial charge in [0.1, 0.15) is 0 Å². The van der Waals surface area contributed by atoms with E-state index in [0.717, 1.165) is 23.7 Å². The molecular weight excluding hydrogens is 530 g/mol. The van der Waals surface area contributed by atoms with Crippen molar-refractivity contribution in [2.24, 2.45) is 23.7 Å². The third-order valence-corrected chi connectivity index (χ3v) is 12.6. The van der Waals surface area contributed by atoms with Crippen molar-refractivity contribution >= 4 is 17.1 Å². The molecule has 4 bridgehead atoms. The average molecular weight is 570 g/mol. The Bertz CT molecular complexity index is 1930. The van der Waals surface area contributed by atoms with Crippen LogP contribution in [0.4, 0.5) is 17.1 Å². The Balaban J connectivity index is 1.16. The SMILES string of the molecule is CC1(C)c2ccccc2-c2ccc(N(c3ccccc3)c3ccc4c(c3)-c3ccccc3C43C4CC5CC(C4)CC3C5)cc21. The Hall–Kier alpha value is -4.10. The summed E-state index contributed by atoms with van der Waals surface area (Å²) in [5.41, 5.74) is 15.6. The van der Waals surface area contributed by atoms with Crippen molar-refractivity contribution < 1.29 is 0 Å². The molecule has 4 saturated carbocycles. The highest BCUT2D eigenvalue weighted by atomic mass is 15.1. The van der Waals surface area contributed by atoms with Crippen molar-refractivity contribution in [3.63, 3.8) is 0 Å². The Morgan fingerprint density at radius 2 is 1.00 bits per heavy atom. The van der Waals surface area contributed by atoms with Crippen LogP contribution in [0.1, 0.15) is 68.2 Å². The van der Waals surface area contributed by atoms with E-state index in [1.54, 1.807) is 11.1 Å². The summed E-state index contributed by atoms with van der Waals surface area (Å²) in [4.78, 5) is 2.49. The van der Waals surface area contributed by atoms with Crippen LogP contribution < -0.4 is 4.90 Å². The molecule has 0 saturated heterocycles. The minimum atomic E-state index is -0.0347. The zero-order valence-corrected chi connectivity index (χ0v) is 25.8. The molecular formula is C43H39N. The maximum absolute atomic E-state index is 2.55. The molecule has 1 nitrogen and oxygen atoms in total. The van der Waals surface area contributed by atoms with Gasteiger partial charge >= 0.3 is 0 Å². The number of hydrogen-bond donors (Lipinski definition) is 0. The van der Waals surface area contributed by atoms with Gasteiger partial charge in [-0.2, -0.15) is 0 Å². The summed E-state index contributed by atoms with van der Waals surface area (Å²) in [7, 11) is 0. The van der Waals surface area contributed by atoms with Crippen molar-refractivity contribution in [1.29, 1.82) is 0 Å². The third-order valence-electron chi connectivity index (χ3n) is 12.6. The van der Waals surface area contributed by atoms with Gasteiger partial charge in [0.25, 0.3) is 0 Å². The van der Waals surface area contributed by atoms with Crippen LogP contribution in [0.15, 0.2) is 115 Å². The fourth-order valence-electron chi connectivity index (χ4n) is 11.1. The van der Waals surface area contributed by atoms with E-state index in [2.05, 4.69) is 134 Å². The van der Waals surface area contributed by atoms with E-state index < -0.39 is 0 Å². The normalized spacial score (nSPS) is 27.6. The molecule has 6 aliphatic carbocycles. The molecule has 0 unspecified atom stereocenters. The minimum absolute atomic E-state index is 0.0347. The Morgan fingerprint density at radius 1 is 0.455 bits per heavy atom. The summed E-state index contributed by atoms with van der Waals surface area (Å²) < 4.78 is 0. The topological polar surface area (TPSA) is 3.24 Å². The van der Waals surface area contributed by atoms with Crippen LogP contribution in [0.3, 0.4) is 0 Å². The quantitative estimate of drug-likeness (QED) is 0.209. The van der Waals surface area contributed by atoms with E-state index in [-0.39, 0.29) is 10.8 Å². The summed E-state index contributed by atoms with van der Waals surface area (Å²) in [6.07, 6.45) is 7.18. The molecule has 44 heavy (non-hydrogen) atoms. The van der Waals surface area contributed by atoms with E-state index in [1.165, 1.54) is 82.5 Å². The Morgan fingerprint density at radius 3 is 1.73 bits per heavy atom. The second kappa shape index (κ2) is 8.75. The first-order chi connectivity index (χ1) is 21.5. The number of benzene rings is 5. The lowest BCUT2D eigenvalue weighted by atomic mass is 9.43. The van der Waals surface area contributed by atoms with Crippen molar-refractivity contribution in [2.75, 3.05) is 4.90 Å². The Kier molecular flexibility index (Phi) is 5.02. The second-order valence-electron chi connectivity index (χ2n) is 15.0. The first kappa shape index (κ1) is 25.2. The molecule has 0 aromatic heterocycles. The van der Waals surface area contributed by atoms with E-state index in [4.69, 9.17) is 0 Å². The number of para-hydroxylation sites is 1. The van der Waals surface area contributed by atoms with Crippen LogP contribution in [-0.4, -0.2) is 0 Å². The van der Waals surface area contributed by atoms with Crippen molar-refractivity contribution in [2.45, 2.75) is 56.8 Å². The van der Waals surface area contributed by atoms with E-state index in [9.17, 15) is 0 Å². The van der Waals surface area contributed by atoms with Gasteiger partial charge in [-0.05, 0) is 137 Å². The molecule has 216 valence electrons. The number of fused-ring (bicyclic) bond motifs is 6. The predicted molar refractivity (Wildman–Crippen MR) is 182 cm³/mol. The molecule has 6 aliphatic rings. The standard InChI is InChI=1S/C43H39N/c1-42(2)38-14-8-6-12-34(38)36-18-16-33(26-41(36)42)44(31-10-4-3-5-11-31)32-17-19-40-37(25-32)35-13-7-9-15-39(35)43(40)29-21-27-20-28(23-29)24-30(43)22-27/h3-19,25-30H,20-24H2,1-2H3. The molecule has 5 aromatic carbocycles. The number of rotatable bonds is 3. The summed E-state index contributed by atoms with van der Waals surface area (Å²) in [6, 6.07) is 44.1. The molecule has 0 heterocycles. The molecule has 1 heteroatoms. The highest BCUT2D eigenvalue weighted by Gasteiger charge is 2.61. The molecule has 4 fully saturated rings. The van der Waals surface area contributed by atoms with Crippen LogP contribution in [0.2, 0.25) is 0 Å². The average Bonchev–Trinajstić information content (AvgIpc) is 3.46. The van der Waals surface area contributed by atoms with Gasteiger partial charge in [-0.1, -0.05) is 92.7 Å². The summed E-state index contributed by atoms with van der Waals surface area (Å²) in [5, 5.41) is 0. The minimum Gasteiger partial charge on any atom is -0.310 e. The maximum atomic E-state index is 2.55. The zero-order chi connectivity index (χ0) is 29.2. The molecule has 0 aliphatic heterocycles. The van der Waals surface area contributed by atoms with Crippen LogP contribution in [0.5, 0.6) is 0 Å². The molecule has 0 N–H and O–H groups in total. The van der Waals surface area contributed by atoms with Crippen molar-refractivity contribution in [3.8, 4) is 22.3 Å². The second-order valence-corrected chi connectivity index (χ2v) is 15.0. The van der Waals surface area contributed by atoms with Gasteiger partial charge < -0.3 is 4.90 Å². The molecule has 0 atom stereocenters. The Labute approximate surface area is 261 Å². The van der Waals surface area contributed by atoms with Crippen LogP contribution in [0.25, 0.3) is 22.3 Å². The van der Waals surface area contributed by atoms with Crippen molar-refractivity contribution in [1.82, 2.24) is 0 Å². The molecule has 1 spiro atoms. The number of hydrogen-bond acceptors (Lipinski definition) is 1. The number of anilines is 3.